The van der Waals surface area contributed by atoms with Crippen molar-refractivity contribution >= 4 is 29.7 Å². The minimum Gasteiger partial charge on any atom is -0.371 e. The molecule has 0 radical (unpaired) electrons. The average Bonchev–Trinajstić information content (AvgIpc) is 3.55. The first-order chi connectivity index (χ1) is 19.3. The highest BCUT2D eigenvalue weighted by atomic mass is 16.2. The normalized spacial score (nSPS) is 12.1. The number of aromatic nitrogens is 2. The fourth-order valence-corrected chi connectivity index (χ4v) is 3.85. The lowest BCUT2D eigenvalue weighted by atomic mass is 10.1. The van der Waals surface area contributed by atoms with Gasteiger partial charge in [0.15, 0.2) is 5.82 Å². The number of fused-ring (bicyclic) bond motifs is 1. The van der Waals surface area contributed by atoms with E-state index in [9.17, 15) is 14.4 Å². The maximum atomic E-state index is 12.7. The Hall–Kier alpha value is -4.44. The summed E-state index contributed by atoms with van der Waals surface area (Å²) in [4.78, 5) is 37.7. The van der Waals surface area contributed by atoms with Crippen LogP contribution >= 0.6 is 0 Å². The van der Waals surface area contributed by atoms with Crippen LogP contribution in [0.5, 0.6) is 0 Å². The van der Waals surface area contributed by atoms with E-state index in [-0.39, 0.29) is 18.0 Å². The van der Waals surface area contributed by atoms with Gasteiger partial charge in [-0.1, -0.05) is 57.2 Å². The Morgan fingerprint density at radius 2 is 1.75 bits per heavy atom. The Morgan fingerprint density at radius 3 is 2.30 bits per heavy atom. The van der Waals surface area contributed by atoms with Gasteiger partial charge in [-0.3, -0.25) is 14.7 Å². The second kappa shape index (κ2) is 16.5. The number of amides is 3. The van der Waals surface area contributed by atoms with Gasteiger partial charge in [0.25, 0.3) is 0 Å². The third-order valence-corrected chi connectivity index (χ3v) is 5.72. The van der Waals surface area contributed by atoms with Crippen LogP contribution in [-0.2, 0) is 17.9 Å². The summed E-state index contributed by atoms with van der Waals surface area (Å²) in [6.07, 6.45) is 3.19. The third-order valence-electron chi connectivity index (χ3n) is 5.72. The molecule has 1 unspecified atom stereocenters. The van der Waals surface area contributed by atoms with E-state index in [2.05, 4.69) is 51.5 Å². The number of aldehydes is 1. The van der Waals surface area contributed by atoms with E-state index in [1.165, 1.54) is 12.5 Å². The zero-order chi connectivity index (χ0) is 29.5. The van der Waals surface area contributed by atoms with E-state index < -0.39 is 0 Å². The maximum Gasteiger partial charge on any atom is 0.318 e. The Balaban J connectivity index is 0.000000295. The van der Waals surface area contributed by atoms with Crippen LogP contribution in [-0.4, -0.2) is 65.9 Å². The third kappa shape index (κ3) is 9.70. The van der Waals surface area contributed by atoms with Crippen LogP contribution in [0.25, 0.3) is 0 Å². The molecule has 4 rings (SSSR count). The number of nitrogens with zero attached hydrogens (tertiary/aromatic N) is 3. The van der Waals surface area contributed by atoms with Gasteiger partial charge in [0, 0.05) is 30.4 Å². The molecule has 0 fully saturated rings. The van der Waals surface area contributed by atoms with Crippen LogP contribution < -0.4 is 16.0 Å². The topological polar surface area (TPSA) is 122 Å². The Morgan fingerprint density at radius 1 is 1.10 bits per heavy atom. The van der Waals surface area contributed by atoms with Gasteiger partial charge in [-0.05, 0) is 50.0 Å². The van der Waals surface area contributed by atoms with Crippen molar-refractivity contribution in [1.29, 1.82) is 0 Å². The standard InChI is InChI=1S/C17H24N6O.C10H9NO2.C3H8/c1-18-16-13-9-23(11-15(13)20-21-16)17(24)19-14(10-22(2)3)12-7-5-4-6-8-12;1-2-10(13)11-9-5-3-8(7-12)4-6-9;1-3-2/h4-8,14H,9-11H2,1-3H3,(H,19,24)(H2,18,20,21);2-7H,1H2,(H,11,13);3H2,1-2H3. The highest BCUT2D eigenvalue weighted by Gasteiger charge is 2.29. The van der Waals surface area contributed by atoms with E-state index in [4.69, 9.17) is 0 Å². The molecule has 0 aliphatic carbocycles. The van der Waals surface area contributed by atoms with E-state index >= 15 is 0 Å². The van der Waals surface area contributed by atoms with Crippen molar-refractivity contribution in [2.75, 3.05) is 38.3 Å². The lowest BCUT2D eigenvalue weighted by Gasteiger charge is -2.26. The quantitative estimate of drug-likeness (QED) is 0.237. The van der Waals surface area contributed by atoms with Crippen LogP contribution in [0.15, 0.2) is 67.3 Å². The number of hydrogen-bond donors (Lipinski definition) is 4. The van der Waals surface area contributed by atoms with Crippen LogP contribution in [0.4, 0.5) is 16.3 Å². The molecule has 1 aliphatic rings. The van der Waals surface area contributed by atoms with Gasteiger partial charge >= 0.3 is 6.03 Å². The number of carbonyl (C=O) groups is 3. The van der Waals surface area contributed by atoms with Crippen molar-refractivity contribution in [3.05, 3.63) is 89.6 Å². The number of anilines is 2. The Bertz CT molecular complexity index is 1220. The average molecular weight is 548 g/mol. The van der Waals surface area contributed by atoms with Gasteiger partial charge < -0.3 is 25.8 Å². The van der Waals surface area contributed by atoms with Crippen LogP contribution in [0.3, 0.4) is 0 Å². The molecule has 4 N–H and O–H groups in total. The van der Waals surface area contributed by atoms with E-state index in [1.54, 1.807) is 29.2 Å². The minimum atomic E-state index is -0.265. The van der Waals surface area contributed by atoms with Crippen molar-refractivity contribution in [1.82, 2.24) is 25.3 Å². The molecule has 1 aliphatic heterocycles. The van der Waals surface area contributed by atoms with Crippen molar-refractivity contribution in [2.45, 2.75) is 39.4 Å². The Labute approximate surface area is 236 Å². The summed E-state index contributed by atoms with van der Waals surface area (Å²) < 4.78 is 0. The smallest absolute Gasteiger partial charge is 0.318 e. The predicted molar refractivity (Wildman–Crippen MR) is 160 cm³/mol. The number of rotatable bonds is 8. The molecular weight excluding hydrogens is 506 g/mol. The molecule has 2 aromatic carbocycles. The van der Waals surface area contributed by atoms with Crippen molar-refractivity contribution in [3.63, 3.8) is 0 Å². The number of H-pyrrole nitrogens is 1. The fourth-order valence-electron chi connectivity index (χ4n) is 3.85. The summed E-state index contributed by atoms with van der Waals surface area (Å²) in [6.45, 7) is 9.44. The number of urea groups is 1. The monoisotopic (exact) mass is 547 g/mol. The first-order valence-electron chi connectivity index (χ1n) is 13.2. The van der Waals surface area contributed by atoms with Crippen LogP contribution in [0.1, 0.15) is 53.5 Å². The fraction of sp³-hybridized carbons (Fsp3) is 0.333. The zero-order valence-electron chi connectivity index (χ0n) is 24.0. The number of benzene rings is 2. The van der Waals surface area contributed by atoms with Gasteiger partial charge in [-0.2, -0.15) is 5.10 Å². The van der Waals surface area contributed by atoms with Crippen LogP contribution in [0.2, 0.25) is 0 Å². The summed E-state index contributed by atoms with van der Waals surface area (Å²) in [7, 11) is 5.85. The molecule has 3 amide bonds. The Kier molecular flexibility index (Phi) is 13.1. The van der Waals surface area contributed by atoms with Crippen LogP contribution in [0, 0.1) is 0 Å². The van der Waals surface area contributed by atoms with E-state index in [1.807, 2.05) is 51.5 Å². The number of nitrogens with one attached hydrogen (secondary N) is 4. The number of carbonyl (C=O) groups excluding carboxylic acids is 3. The molecule has 10 heteroatoms. The highest BCUT2D eigenvalue weighted by Crippen LogP contribution is 2.27. The second-order valence-corrected chi connectivity index (χ2v) is 9.45. The molecule has 0 spiro atoms. The van der Waals surface area contributed by atoms with Gasteiger partial charge in [0.2, 0.25) is 5.91 Å². The summed E-state index contributed by atoms with van der Waals surface area (Å²) in [6, 6.07) is 16.5. The van der Waals surface area contributed by atoms with Gasteiger partial charge in [-0.25, -0.2) is 4.79 Å². The summed E-state index contributed by atoms with van der Waals surface area (Å²) in [5.74, 6) is 0.548. The molecular formula is C30H41N7O3. The molecule has 0 bridgehead atoms. The largest absolute Gasteiger partial charge is 0.371 e. The van der Waals surface area contributed by atoms with Gasteiger partial charge in [0.05, 0.1) is 24.8 Å². The lowest BCUT2D eigenvalue weighted by molar-refractivity contribution is -0.111. The maximum absolute atomic E-state index is 12.7. The molecule has 214 valence electrons. The molecule has 2 heterocycles. The second-order valence-electron chi connectivity index (χ2n) is 9.45. The van der Waals surface area contributed by atoms with E-state index in [0.717, 1.165) is 35.5 Å². The van der Waals surface area contributed by atoms with Crippen molar-refractivity contribution in [2.24, 2.45) is 0 Å². The molecule has 1 atom stereocenters. The van der Waals surface area contributed by atoms with Gasteiger partial charge in [0.1, 0.15) is 6.29 Å². The highest BCUT2D eigenvalue weighted by molar-refractivity contribution is 5.99. The molecule has 10 nitrogen and oxygen atoms in total. The predicted octanol–water partition coefficient (Wildman–Crippen LogP) is 4.82. The lowest BCUT2D eigenvalue weighted by Crippen LogP contribution is -2.42. The molecule has 3 aromatic rings. The van der Waals surface area contributed by atoms with Crippen molar-refractivity contribution in [3.8, 4) is 0 Å². The van der Waals surface area contributed by atoms with E-state index in [0.29, 0.717) is 24.3 Å². The summed E-state index contributed by atoms with van der Waals surface area (Å²) in [5.41, 5.74) is 4.40. The zero-order valence-corrected chi connectivity index (χ0v) is 24.0. The van der Waals surface area contributed by atoms with Gasteiger partial charge in [-0.15, -0.1) is 0 Å². The van der Waals surface area contributed by atoms with Crippen molar-refractivity contribution < 1.29 is 14.4 Å². The molecule has 1 aromatic heterocycles. The first-order valence-corrected chi connectivity index (χ1v) is 13.2. The molecule has 0 saturated heterocycles. The SMILES string of the molecule is C=CC(=O)Nc1ccc(C=O)cc1.CCC.CNc1n[nH]c2c1CN(C(=O)NC(CN(C)C)c1ccccc1)C2. The first kappa shape index (κ1) is 31.8. The molecule has 0 saturated carbocycles. The summed E-state index contributed by atoms with van der Waals surface area (Å²) in [5, 5.41) is 16.0. The number of likely N-dealkylation sites (N-methyl/N-ethyl adjacent to an activating group) is 1. The number of hydrogen-bond acceptors (Lipinski definition) is 6. The molecule has 40 heavy (non-hydrogen) atoms. The summed E-state index contributed by atoms with van der Waals surface area (Å²) >= 11 is 0. The number of aromatic amines is 1. The minimum absolute atomic E-state index is 0.0467.